The molecule has 13 heavy (non-hydrogen) atoms. The summed E-state index contributed by atoms with van der Waals surface area (Å²) in [6.07, 6.45) is 4.25. The van der Waals surface area contributed by atoms with Gasteiger partial charge in [-0.25, -0.2) is 0 Å². The largest absolute Gasteiger partial charge is 0.296 e. The zero-order chi connectivity index (χ0) is 9.26. The lowest BCUT2D eigenvalue weighted by Gasteiger charge is -2.28. The number of benzene rings is 1. The Labute approximate surface area is 79.1 Å². The van der Waals surface area contributed by atoms with Gasteiger partial charge >= 0.3 is 0 Å². The monoisotopic (exact) mass is 174 g/mol. The first-order valence-electron chi connectivity index (χ1n) is 4.51. The summed E-state index contributed by atoms with van der Waals surface area (Å²) in [5, 5.41) is 4.36. The van der Waals surface area contributed by atoms with Gasteiger partial charge in [0.05, 0.1) is 12.2 Å². The van der Waals surface area contributed by atoms with Crippen LogP contribution in [0.2, 0.25) is 0 Å². The topological polar surface area (TPSA) is 6.48 Å². The molecule has 0 atom stereocenters. The SMILES string of the molecule is Cc1ccccc1N1CC=CN1C. The van der Waals surface area contributed by atoms with E-state index in [1.54, 1.807) is 0 Å². The Bertz CT molecular complexity index is 331. The van der Waals surface area contributed by atoms with Crippen molar-refractivity contribution in [1.29, 1.82) is 0 Å². The summed E-state index contributed by atoms with van der Waals surface area (Å²) in [4.78, 5) is 0. The summed E-state index contributed by atoms with van der Waals surface area (Å²) in [7, 11) is 2.07. The molecule has 0 amide bonds. The smallest absolute Gasteiger partial charge is 0.0606 e. The van der Waals surface area contributed by atoms with Gasteiger partial charge in [-0.15, -0.1) is 0 Å². The zero-order valence-corrected chi connectivity index (χ0v) is 8.07. The highest BCUT2D eigenvalue weighted by Crippen LogP contribution is 2.22. The highest BCUT2D eigenvalue weighted by Gasteiger charge is 2.13. The summed E-state index contributed by atoms with van der Waals surface area (Å²) in [6.45, 7) is 3.11. The minimum Gasteiger partial charge on any atom is -0.296 e. The second kappa shape index (κ2) is 3.13. The van der Waals surface area contributed by atoms with Crippen molar-refractivity contribution in [3.8, 4) is 0 Å². The summed E-state index contributed by atoms with van der Waals surface area (Å²) >= 11 is 0. The molecule has 2 heteroatoms. The number of nitrogens with zero attached hydrogens (tertiary/aromatic N) is 2. The predicted molar refractivity (Wildman–Crippen MR) is 55.4 cm³/mol. The maximum atomic E-state index is 2.25. The van der Waals surface area contributed by atoms with Crippen LogP contribution in [0.25, 0.3) is 0 Å². The fraction of sp³-hybridized carbons (Fsp3) is 0.273. The molecule has 0 aromatic heterocycles. The van der Waals surface area contributed by atoms with E-state index in [4.69, 9.17) is 0 Å². The summed E-state index contributed by atoms with van der Waals surface area (Å²) in [5.41, 5.74) is 2.60. The summed E-state index contributed by atoms with van der Waals surface area (Å²) in [6, 6.07) is 8.44. The molecule has 0 unspecified atom stereocenters. The molecule has 0 saturated heterocycles. The Morgan fingerprint density at radius 2 is 2.00 bits per heavy atom. The minimum atomic E-state index is 0.974. The van der Waals surface area contributed by atoms with Crippen LogP contribution in [0.4, 0.5) is 5.69 Å². The third-order valence-electron chi connectivity index (χ3n) is 2.37. The normalized spacial score (nSPS) is 15.5. The van der Waals surface area contributed by atoms with Gasteiger partial charge in [0, 0.05) is 13.2 Å². The number of hydrazine groups is 1. The van der Waals surface area contributed by atoms with Crippen LogP contribution in [0.1, 0.15) is 5.56 Å². The summed E-state index contributed by atoms with van der Waals surface area (Å²) in [5.74, 6) is 0. The van der Waals surface area contributed by atoms with Crippen molar-refractivity contribution in [2.24, 2.45) is 0 Å². The van der Waals surface area contributed by atoms with Gasteiger partial charge < -0.3 is 0 Å². The molecule has 0 spiro atoms. The molecule has 0 N–H and O–H groups in total. The van der Waals surface area contributed by atoms with Gasteiger partial charge in [-0.05, 0) is 24.6 Å². The van der Waals surface area contributed by atoms with Gasteiger partial charge in [0.1, 0.15) is 0 Å². The molecule has 1 aliphatic rings. The van der Waals surface area contributed by atoms with E-state index in [0.29, 0.717) is 0 Å². The second-order valence-corrected chi connectivity index (χ2v) is 3.33. The van der Waals surface area contributed by atoms with Gasteiger partial charge in [0.25, 0.3) is 0 Å². The van der Waals surface area contributed by atoms with Crippen LogP contribution in [0, 0.1) is 6.92 Å². The first-order valence-corrected chi connectivity index (χ1v) is 4.51. The molecule has 1 aromatic carbocycles. The Morgan fingerprint density at radius 3 is 2.62 bits per heavy atom. The lowest BCUT2D eigenvalue weighted by atomic mass is 10.2. The third kappa shape index (κ3) is 1.39. The van der Waals surface area contributed by atoms with Gasteiger partial charge in [0.15, 0.2) is 0 Å². The van der Waals surface area contributed by atoms with Crippen LogP contribution < -0.4 is 5.01 Å². The molecule has 0 saturated carbocycles. The van der Waals surface area contributed by atoms with Crippen molar-refractivity contribution >= 4 is 5.69 Å². The van der Waals surface area contributed by atoms with Crippen LogP contribution in [0.3, 0.4) is 0 Å². The van der Waals surface area contributed by atoms with Crippen molar-refractivity contribution in [3.63, 3.8) is 0 Å². The lowest BCUT2D eigenvalue weighted by molar-refractivity contribution is 0.454. The average Bonchev–Trinajstić information content (AvgIpc) is 2.52. The van der Waals surface area contributed by atoms with Crippen LogP contribution in [0.15, 0.2) is 36.5 Å². The summed E-state index contributed by atoms with van der Waals surface area (Å²) < 4.78 is 0. The highest BCUT2D eigenvalue weighted by molar-refractivity contribution is 5.53. The van der Waals surface area contributed by atoms with Crippen molar-refractivity contribution in [2.45, 2.75) is 6.92 Å². The highest BCUT2D eigenvalue weighted by atomic mass is 15.6. The van der Waals surface area contributed by atoms with Crippen molar-refractivity contribution in [3.05, 3.63) is 42.1 Å². The fourth-order valence-corrected chi connectivity index (χ4v) is 1.63. The Kier molecular flexibility index (Phi) is 1.97. The fourth-order valence-electron chi connectivity index (χ4n) is 1.63. The molecule has 68 valence electrons. The number of aryl methyl sites for hydroxylation is 1. The molecule has 2 rings (SSSR count). The van der Waals surface area contributed by atoms with E-state index in [0.717, 1.165) is 6.54 Å². The van der Waals surface area contributed by atoms with E-state index in [-0.39, 0.29) is 0 Å². The van der Waals surface area contributed by atoms with Crippen LogP contribution in [-0.4, -0.2) is 18.6 Å². The number of hydrogen-bond acceptors (Lipinski definition) is 2. The van der Waals surface area contributed by atoms with Crippen molar-refractivity contribution in [2.75, 3.05) is 18.6 Å². The van der Waals surface area contributed by atoms with E-state index in [2.05, 4.69) is 60.5 Å². The zero-order valence-electron chi connectivity index (χ0n) is 8.07. The van der Waals surface area contributed by atoms with Gasteiger partial charge in [-0.1, -0.05) is 18.2 Å². The molecule has 0 fully saturated rings. The maximum absolute atomic E-state index is 2.25. The molecule has 0 aliphatic carbocycles. The van der Waals surface area contributed by atoms with Crippen LogP contribution >= 0.6 is 0 Å². The standard InChI is InChI=1S/C11H14N2/c1-10-6-3-4-7-11(10)13-9-5-8-12(13)2/h3-8H,9H2,1-2H3. The second-order valence-electron chi connectivity index (χ2n) is 3.33. The quantitative estimate of drug-likeness (QED) is 0.644. The molecule has 1 heterocycles. The molecule has 2 nitrogen and oxygen atoms in total. The number of para-hydroxylation sites is 1. The van der Waals surface area contributed by atoms with Gasteiger partial charge in [-0.2, -0.15) is 0 Å². The number of rotatable bonds is 1. The molecular formula is C11H14N2. The number of anilines is 1. The number of hydrogen-bond donors (Lipinski definition) is 0. The Morgan fingerprint density at radius 1 is 1.23 bits per heavy atom. The van der Waals surface area contributed by atoms with Gasteiger partial charge in [0.2, 0.25) is 0 Å². The predicted octanol–water partition coefficient (Wildman–Crippen LogP) is 2.18. The Hall–Kier alpha value is -1.44. The van der Waals surface area contributed by atoms with E-state index < -0.39 is 0 Å². The van der Waals surface area contributed by atoms with E-state index >= 15 is 0 Å². The average molecular weight is 174 g/mol. The molecule has 1 aromatic rings. The van der Waals surface area contributed by atoms with Crippen LogP contribution in [0.5, 0.6) is 0 Å². The first kappa shape index (κ1) is 8.17. The first-order chi connectivity index (χ1) is 6.29. The van der Waals surface area contributed by atoms with Gasteiger partial charge in [-0.3, -0.25) is 10.0 Å². The molecular weight excluding hydrogens is 160 g/mol. The maximum Gasteiger partial charge on any atom is 0.0606 e. The molecule has 1 aliphatic heterocycles. The van der Waals surface area contributed by atoms with Crippen molar-refractivity contribution in [1.82, 2.24) is 5.01 Å². The molecule has 0 bridgehead atoms. The third-order valence-corrected chi connectivity index (χ3v) is 2.37. The molecule has 0 radical (unpaired) electrons. The van der Waals surface area contributed by atoms with E-state index in [1.807, 2.05) is 0 Å². The van der Waals surface area contributed by atoms with Crippen LogP contribution in [-0.2, 0) is 0 Å². The van der Waals surface area contributed by atoms with Crippen molar-refractivity contribution < 1.29 is 0 Å². The van der Waals surface area contributed by atoms with E-state index in [1.165, 1.54) is 11.3 Å². The minimum absolute atomic E-state index is 0.974. The van der Waals surface area contributed by atoms with E-state index in [9.17, 15) is 0 Å². The Balaban J connectivity index is 2.31. The lowest BCUT2D eigenvalue weighted by Crippen LogP contribution is -2.32.